The molecule has 4 fully saturated rings. The minimum absolute atomic E-state index is 0.000349. The third-order valence-corrected chi connectivity index (χ3v) is 28.0. The van der Waals surface area contributed by atoms with Crippen LogP contribution in [0.1, 0.15) is 169 Å². The number of carboxylic acid groups (broad SMARTS) is 4. The van der Waals surface area contributed by atoms with E-state index in [4.69, 9.17) is 104 Å². The second kappa shape index (κ2) is 53.1. The van der Waals surface area contributed by atoms with Crippen LogP contribution in [0, 0.1) is 23.7 Å². The van der Waals surface area contributed by atoms with Gasteiger partial charge >= 0.3 is 23.9 Å². The fraction of sp³-hybridized carbons (Fsp3) is 0.359. The quantitative estimate of drug-likeness (QED) is 0.0127. The number of amides is 4. The van der Waals surface area contributed by atoms with Gasteiger partial charge in [0.25, 0.3) is 23.6 Å². The number of aromatic nitrogens is 2. The van der Waals surface area contributed by atoms with Gasteiger partial charge in [0.2, 0.25) is 0 Å². The highest BCUT2D eigenvalue weighted by atomic mass is 35.5. The van der Waals surface area contributed by atoms with Gasteiger partial charge in [-0.25, -0.2) is 24.2 Å². The van der Waals surface area contributed by atoms with Crippen LogP contribution in [0.3, 0.4) is 0 Å². The Morgan fingerprint density at radius 2 is 0.622 bits per heavy atom. The van der Waals surface area contributed by atoms with Gasteiger partial charge in [0.15, 0.2) is 23.8 Å². The van der Waals surface area contributed by atoms with Crippen molar-refractivity contribution in [3.05, 3.63) is 289 Å². The maximum Gasteiger partial charge on any atom is 0.326 e. The number of H-pyrrole nitrogens is 1. The molecule has 4 saturated carbocycles. The molecule has 0 unspecified atom stereocenters. The molecule has 4 aliphatic carbocycles. The largest absolute Gasteiger partial charge is 0.480 e. The molecule has 0 radical (unpaired) electrons. The Bertz CT molecular complexity index is 6080. The third kappa shape index (κ3) is 32.7. The van der Waals surface area contributed by atoms with Crippen molar-refractivity contribution >= 4 is 187 Å². The van der Waals surface area contributed by atoms with Gasteiger partial charge < -0.3 is 84.7 Å². The summed E-state index contributed by atoms with van der Waals surface area (Å²) in [4.78, 5) is 169. The maximum absolute atomic E-state index is 12.9. The van der Waals surface area contributed by atoms with E-state index < -0.39 is 71.7 Å². The highest BCUT2D eigenvalue weighted by molar-refractivity contribution is 6.42. The Morgan fingerprint density at radius 1 is 0.350 bits per heavy atom. The van der Waals surface area contributed by atoms with Crippen LogP contribution >= 0.6 is 92.8 Å². The zero-order valence-corrected chi connectivity index (χ0v) is 83.6. The molecule has 15 rings (SSSR count). The first kappa shape index (κ1) is 109. The molecule has 143 heavy (non-hydrogen) atoms. The van der Waals surface area contributed by atoms with Crippen LogP contribution in [0.25, 0.3) is 0 Å². The van der Waals surface area contributed by atoms with E-state index in [1.165, 1.54) is 48.5 Å². The number of ketones is 4. The number of nitrogens with one attached hydrogen (secondary N) is 10. The SMILES string of the molecule is NC(N)=N[C@@H]1CC[C@H](C(=O)Cc2ccc(C[C@H](NC(=O)c3c(Cl)cccc3Cl)C(=O)O)cc2)C1.O=C(N[C@@H](Cc1ccc(CC(=O)[C@H]2CC[C@@H](NC3=NCCCN3)C2)cc1)C(=O)O)c1c(Cl)cccc1Cl.O=C(N[C@@H](Cc1ccc(CC(=O)[C@H]2CC[C@@H](NC3=NCCN3)C2)cc1)C(=O)O)c1c(Cl)cccc1Cl.O=C(N[C@@H](Cc1ccc(CC(=O)[C@H]2CC[C@@H](Nc3ncc[nH]3)C2)cc1)C(=O)O)c1c(Cl)cccc1Cl. The van der Waals surface area contributed by atoms with Crippen LogP contribution in [0.5, 0.6) is 0 Å². The summed E-state index contributed by atoms with van der Waals surface area (Å²) in [6.45, 7) is 3.38. The van der Waals surface area contributed by atoms with Crippen molar-refractivity contribution < 1.29 is 78.0 Å². The standard InChI is InChI=1S/C27H30Cl2N4O4.C26H28Cl2N4O4.C26H26Cl2N4O4.C24H26Cl2N4O4/c28-20-3-1-4-21(29)24(20)25(35)33-22(26(36)37)13-16-5-7-17(8-6-16)14-23(34)18-9-10-19(15-18)32-27-30-11-2-12-31-27;2*27-19-2-1-3-20(28)23(19)24(34)32-21(25(35)36)12-15-4-6-16(7-5-15)13-22(33)17-8-9-18(14-17)31-26-29-10-11-30-26;25-17-2-1-3-18(26)21(17)22(32)30-19(23(33)34)10-13-4-6-14(7-5-13)11-20(31)15-8-9-16(12-15)29-24(27)28/h1,3-8,18-19,22H,2,9-15H2,(H,33,35)(H,36,37)(H2,30,31,32);1-7,17-18,21H,8-14H2,(H,32,34)(H,35,36)(H2,29,30,31);1-7,10-11,17-18,21H,8-9,12-14H2,(H,32,34)(H,35,36)(H2,29,30,31);1-7,15-16,19H,8-12H2,(H,30,32)(H,33,34)(H4,27,28,29)/t18-,19+,22-;2*17-,18+,21-;15-,16+,19-/m0000/s1. The molecule has 754 valence electrons. The Balaban J connectivity index is 0.000000170. The van der Waals surface area contributed by atoms with Gasteiger partial charge in [-0.05, 0) is 177 Å². The molecule has 0 spiro atoms. The predicted molar refractivity (Wildman–Crippen MR) is 551 cm³/mol. The molecule has 18 N–H and O–H groups in total. The summed E-state index contributed by atoms with van der Waals surface area (Å²) in [5.41, 5.74) is 17.3. The Hall–Kier alpha value is -12.7. The number of halogens is 8. The van der Waals surface area contributed by atoms with E-state index in [2.05, 4.69) is 72.8 Å². The lowest BCUT2D eigenvalue weighted by atomic mass is 9.95. The number of nitrogens with two attached hydrogens (primary N) is 2. The van der Waals surface area contributed by atoms with Crippen LogP contribution in [-0.2, 0) is 89.7 Å². The molecule has 0 bridgehead atoms. The van der Waals surface area contributed by atoms with Crippen LogP contribution in [-0.4, -0.2) is 193 Å². The minimum Gasteiger partial charge on any atom is -0.480 e. The van der Waals surface area contributed by atoms with E-state index in [-0.39, 0.29) is 171 Å². The lowest BCUT2D eigenvalue weighted by molar-refractivity contribution is -0.140. The molecule has 4 amide bonds. The van der Waals surface area contributed by atoms with E-state index in [1.54, 1.807) is 97.3 Å². The smallest absolute Gasteiger partial charge is 0.326 e. The number of guanidine groups is 3. The molecule has 9 aromatic rings. The van der Waals surface area contributed by atoms with E-state index in [9.17, 15) is 78.0 Å². The molecule has 40 heteroatoms. The summed E-state index contributed by atoms with van der Waals surface area (Å²) in [7, 11) is 0. The van der Waals surface area contributed by atoms with Gasteiger partial charge in [-0.15, -0.1) is 0 Å². The second-order valence-electron chi connectivity index (χ2n) is 35.9. The van der Waals surface area contributed by atoms with Crippen molar-refractivity contribution in [3.63, 3.8) is 0 Å². The number of carbonyl (C=O) groups excluding carboxylic acids is 8. The van der Waals surface area contributed by atoms with Gasteiger partial charge in [-0.2, -0.15) is 0 Å². The normalized spacial score (nSPS) is 19.0. The van der Waals surface area contributed by atoms with Crippen molar-refractivity contribution in [1.82, 2.24) is 52.5 Å². The number of aliphatic imine (C=N–C) groups is 3. The van der Waals surface area contributed by atoms with Crippen molar-refractivity contribution in [1.29, 1.82) is 0 Å². The van der Waals surface area contributed by atoms with Crippen LogP contribution in [0.2, 0.25) is 40.2 Å². The number of nitrogens with zero attached hydrogens (tertiary/aromatic N) is 4. The number of rotatable bonds is 37. The Labute approximate surface area is 865 Å². The number of benzene rings is 8. The summed E-state index contributed by atoms with van der Waals surface area (Å²) in [6, 6.07) is 43.4. The van der Waals surface area contributed by atoms with Crippen molar-refractivity contribution in [2.45, 2.75) is 183 Å². The summed E-state index contributed by atoms with van der Waals surface area (Å²) in [5.74, 6) is -4.20. The van der Waals surface area contributed by atoms with Crippen LogP contribution < -0.4 is 59.3 Å². The Morgan fingerprint density at radius 3 is 0.881 bits per heavy atom. The monoisotopic (exact) mass is 2110 g/mol. The number of anilines is 1. The molecule has 8 aromatic carbocycles. The number of Topliss-reactive ketones (excluding diaryl/α,β-unsaturated/α-hetero) is 4. The van der Waals surface area contributed by atoms with E-state index >= 15 is 0 Å². The molecule has 12 atom stereocenters. The predicted octanol–water partition coefficient (Wildman–Crippen LogP) is 14.4. The van der Waals surface area contributed by atoms with E-state index in [1.807, 2.05) is 36.4 Å². The number of imidazole rings is 1. The van der Waals surface area contributed by atoms with Crippen molar-refractivity contribution in [2.24, 2.45) is 50.1 Å². The summed E-state index contributed by atoms with van der Waals surface area (Å²) in [5, 5.41) is 66.2. The molecular formula is C103H110Cl8N16O16. The summed E-state index contributed by atoms with van der Waals surface area (Å²) in [6.07, 6.45) is 15.9. The molecule has 3 heterocycles. The molecule has 0 saturated heterocycles. The lowest BCUT2D eigenvalue weighted by Gasteiger charge is -2.20. The lowest BCUT2D eigenvalue weighted by Crippen LogP contribution is -2.45. The number of carbonyl (C=O) groups is 12. The van der Waals surface area contributed by atoms with Gasteiger partial charge in [-0.3, -0.25) is 53.3 Å². The Kier molecular flexibility index (Phi) is 40.5. The first-order valence-electron chi connectivity index (χ1n) is 46.8. The number of carboxylic acids is 4. The summed E-state index contributed by atoms with van der Waals surface area (Å²) < 4.78 is 0. The highest BCUT2D eigenvalue weighted by Crippen LogP contribution is 2.36. The maximum atomic E-state index is 12.9. The molecule has 2 aliphatic heterocycles. The van der Waals surface area contributed by atoms with Gasteiger partial charge in [-0.1, -0.05) is 214 Å². The third-order valence-electron chi connectivity index (χ3n) is 25.5. The average Bonchev–Trinajstić information content (AvgIpc) is 1.59. The van der Waals surface area contributed by atoms with Crippen LogP contribution in [0.15, 0.2) is 197 Å². The van der Waals surface area contributed by atoms with Gasteiger partial charge in [0, 0.05) is 125 Å². The second-order valence-corrected chi connectivity index (χ2v) is 39.1. The molecule has 6 aliphatic rings. The molecule has 32 nitrogen and oxygen atoms in total. The number of hydrogen-bond acceptors (Lipinski definition) is 21. The van der Waals surface area contributed by atoms with E-state index in [0.717, 1.165) is 154 Å². The minimum atomic E-state index is -1.19. The van der Waals surface area contributed by atoms with Gasteiger partial charge in [0.1, 0.15) is 47.3 Å². The first-order chi connectivity index (χ1) is 68.5. The first-order valence-corrected chi connectivity index (χ1v) is 49.8. The zero-order valence-electron chi connectivity index (χ0n) is 77.6. The van der Waals surface area contributed by atoms with Crippen LogP contribution in [0.4, 0.5) is 5.95 Å². The average molecular weight is 2110 g/mol. The summed E-state index contributed by atoms with van der Waals surface area (Å²) >= 11 is 48.5. The fourth-order valence-electron chi connectivity index (χ4n) is 17.9. The number of aromatic amines is 1. The topological polar surface area (TPSA) is 512 Å². The molecular weight excluding hydrogens is 2000 g/mol. The fourth-order valence-corrected chi connectivity index (χ4v) is 20.2. The molecule has 1 aromatic heterocycles. The van der Waals surface area contributed by atoms with Crippen molar-refractivity contribution in [3.8, 4) is 0 Å². The number of aliphatic carboxylic acids is 4. The number of hydrogen-bond donors (Lipinski definition) is 16. The zero-order chi connectivity index (χ0) is 103. The van der Waals surface area contributed by atoms with Crippen molar-refractivity contribution in [2.75, 3.05) is 31.5 Å². The van der Waals surface area contributed by atoms with Gasteiger partial charge in [0.05, 0.1) is 75.0 Å². The van der Waals surface area contributed by atoms with E-state index in [0.29, 0.717) is 36.8 Å². The highest BCUT2D eigenvalue weighted by Gasteiger charge is 2.37.